The third-order valence-electron chi connectivity index (χ3n) is 5.81. The number of rotatable bonds is 12. The van der Waals surface area contributed by atoms with E-state index in [0.717, 1.165) is 38.5 Å². The van der Waals surface area contributed by atoms with Crippen molar-refractivity contribution in [2.24, 2.45) is 17.3 Å². The van der Waals surface area contributed by atoms with Crippen LogP contribution >= 0.6 is 0 Å². The van der Waals surface area contributed by atoms with Crippen LogP contribution in [0.25, 0.3) is 0 Å². The van der Waals surface area contributed by atoms with Gasteiger partial charge in [-0.15, -0.1) is 0 Å². The van der Waals surface area contributed by atoms with E-state index in [0.29, 0.717) is 6.42 Å². The van der Waals surface area contributed by atoms with Gasteiger partial charge in [-0.1, -0.05) is 58.3 Å². The Morgan fingerprint density at radius 1 is 1.32 bits per heavy atom. The fourth-order valence-electron chi connectivity index (χ4n) is 3.74. The van der Waals surface area contributed by atoms with Crippen molar-refractivity contribution in [2.45, 2.75) is 84.3 Å². The van der Waals surface area contributed by atoms with E-state index in [1.54, 1.807) is 12.2 Å². The largest absolute Gasteiger partial charge is 0.466 e. The van der Waals surface area contributed by atoms with Crippen LogP contribution in [0.15, 0.2) is 24.3 Å². The molecule has 160 valence electrons. The molecule has 0 spiro atoms. The van der Waals surface area contributed by atoms with Crippen LogP contribution in [0.3, 0.4) is 0 Å². The second-order valence-corrected chi connectivity index (χ2v) is 8.55. The number of esters is 1. The average Bonchev–Trinajstić information content (AvgIpc) is 2.93. The molecule has 1 saturated carbocycles. The molecular weight excluding hydrogens is 356 g/mol. The Balaban J connectivity index is 2.57. The standard InChI is InChI=1S/C23H38O5/c1-5-6-15-23(2,3)21(26)14-13-18-17(19(24)16-20(18)25)11-9-7-8-10-12-22(27)28-4/h10,12-14,17-18,20-21,25-26H,5-9,11,15-16H2,1-4H3/b12-10+,14-13+/t17-,18-,20-,21-/m1/s1. The quantitative estimate of drug-likeness (QED) is 0.226. The summed E-state index contributed by atoms with van der Waals surface area (Å²) in [5, 5.41) is 20.8. The zero-order chi connectivity index (χ0) is 21.2. The Labute approximate surface area is 169 Å². The number of carbonyl (C=O) groups excluding carboxylic acids is 2. The number of ether oxygens (including phenoxy) is 1. The van der Waals surface area contributed by atoms with E-state index in [1.165, 1.54) is 13.2 Å². The number of Topliss-reactive ketones (excluding diaryl/α,β-unsaturated/α-hetero) is 1. The van der Waals surface area contributed by atoms with E-state index in [2.05, 4.69) is 11.7 Å². The van der Waals surface area contributed by atoms with Crippen LogP contribution in [-0.2, 0) is 14.3 Å². The maximum Gasteiger partial charge on any atom is 0.330 e. The van der Waals surface area contributed by atoms with E-state index in [9.17, 15) is 19.8 Å². The molecule has 4 atom stereocenters. The van der Waals surface area contributed by atoms with Crippen molar-refractivity contribution in [1.29, 1.82) is 0 Å². The normalized spacial score (nSPS) is 24.4. The van der Waals surface area contributed by atoms with Gasteiger partial charge < -0.3 is 14.9 Å². The summed E-state index contributed by atoms with van der Waals surface area (Å²) in [6.45, 7) is 6.23. The third kappa shape index (κ3) is 7.88. The van der Waals surface area contributed by atoms with Crippen LogP contribution in [-0.4, -0.2) is 41.3 Å². The lowest BCUT2D eigenvalue weighted by Gasteiger charge is -2.29. The molecule has 0 aliphatic heterocycles. The van der Waals surface area contributed by atoms with Crippen LogP contribution in [0, 0.1) is 17.3 Å². The molecule has 1 fully saturated rings. The summed E-state index contributed by atoms with van der Waals surface area (Å²) in [5.41, 5.74) is -0.221. The fraction of sp³-hybridized carbons (Fsp3) is 0.739. The van der Waals surface area contributed by atoms with Gasteiger partial charge in [-0.2, -0.15) is 0 Å². The second kappa shape index (κ2) is 12.2. The molecule has 0 radical (unpaired) electrons. The first-order chi connectivity index (χ1) is 13.2. The predicted octanol–water partition coefficient (Wildman–Crippen LogP) is 3.98. The minimum absolute atomic E-state index is 0.104. The lowest BCUT2D eigenvalue weighted by molar-refractivity contribution is -0.134. The molecule has 0 aromatic rings. The van der Waals surface area contributed by atoms with Gasteiger partial charge in [-0.25, -0.2) is 4.79 Å². The van der Waals surface area contributed by atoms with Gasteiger partial charge in [0.2, 0.25) is 0 Å². The highest BCUT2D eigenvalue weighted by Gasteiger charge is 2.39. The number of allylic oxidation sites excluding steroid dienone is 1. The Morgan fingerprint density at radius 2 is 2.04 bits per heavy atom. The molecule has 0 unspecified atom stereocenters. The molecule has 2 N–H and O–H groups in total. The highest BCUT2D eigenvalue weighted by Crippen LogP contribution is 2.35. The lowest BCUT2D eigenvalue weighted by atomic mass is 9.80. The predicted molar refractivity (Wildman–Crippen MR) is 111 cm³/mol. The number of ketones is 1. The molecule has 5 heteroatoms. The second-order valence-electron chi connectivity index (χ2n) is 8.55. The summed E-state index contributed by atoms with van der Waals surface area (Å²) >= 11 is 0. The summed E-state index contributed by atoms with van der Waals surface area (Å²) in [5.74, 6) is -0.678. The maximum atomic E-state index is 12.3. The van der Waals surface area contributed by atoms with Crippen LogP contribution < -0.4 is 0 Å². The van der Waals surface area contributed by atoms with Crippen molar-refractivity contribution in [3.63, 3.8) is 0 Å². The van der Waals surface area contributed by atoms with Gasteiger partial charge in [0.25, 0.3) is 0 Å². The van der Waals surface area contributed by atoms with Gasteiger partial charge in [0.1, 0.15) is 5.78 Å². The van der Waals surface area contributed by atoms with E-state index in [-0.39, 0.29) is 35.4 Å². The van der Waals surface area contributed by atoms with Gasteiger partial charge >= 0.3 is 5.97 Å². The highest BCUT2D eigenvalue weighted by molar-refractivity contribution is 5.84. The Kier molecular flexibility index (Phi) is 10.7. The van der Waals surface area contributed by atoms with E-state index >= 15 is 0 Å². The van der Waals surface area contributed by atoms with Crippen molar-refractivity contribution in [3.05, 3.63) is 24.3 Å². The number of hydrogen-bond acceptors (Lipinski definition) is 5. The summed E-state index contributed by atoms with van der Waals surface area (Å²) in [4.78, 5) is 23.3. The molecular formula is C23H38O5. The monoisotopic (exact) mass is 394 g/mol. The van der Waals surface area contributed by atoms with Crippen molar-refractivity contribution >= 4 is 11.8 Å². The first kappa shape index (κ1) is 24.6. The summed E-state index contributed by atoms with van der Waals surface area (Å²) in [6, 6.07) is 0. The van der Waals surface area contributed by atoms with Crippen molar-refractivity contribution in [1.82, 2.24) is 0 Å². The first-order valence-corrected chi connectivity index (χ1v) is 10.5. The summed E-state index contributed by atoms with van der Waals surface area (Å²) < 4.78 is 4.54. The molecule has 1 aliphatic rings. The molecule has 28 heavy (non-hydrogen) atoms. The molecule has 0 amide bonds. The minimum Gasteiger partial charge on any atom is -0.466 e. The molecule has 0 aromatic heterocycles. The van der Waals surface area contributed by atoms with Gasteiger partial charge in [0.15, 0.2) is 0 Å². The van der Waals surface area contributed by atoms with Crippen LogP contribution in [0.4, 0.5) is 0 Å². The molecule has 0 bridgehead atoms. The van der Waals surface area contributed by atoms with Crippen molar-refractivity contribution in [3.8, 4) is 0 Å². The zero-order valence-electron chi connectivity index (χ0n) is 17.9. The zero-order valence-corrected chi connectivity index (χ0v) is 17.9. The number of aliphatic hydroxyl groups is 2. The third-order valence-corrected chi connectivity index (χ3v) is 5.81. The average molecular weight is 395 g/mol. The number of aliphatic hydroxyl groups excluding tert-OH is 2. The molecule has 0 aromatic carbocycles. The number of carbonyl (C=O) groups is 2. The number of unbranched alkanes of at least 4 members (excludes halogenated alkanes) is 3. The van der Waals surface area contributed by atoms with Crippen molar-refractivity contribution < 1.29 is 24.5 Å². The molecule has 1 aliphatic carbocycles. The van der Waals surface area contributed by atoms with E-state index in [4.69, 9.17) is 0 Å². The SMILES string of the molecule is CCCCC(C)(C)[C@H](O)/C=C/[C@H]1[C@H](O)CC(=O)[C@@H]1CCCC/C=C/C(=O)OC. The highest BCUT2D eigenvalue weighted by atomic mass is 16.5. The summed E-state index contributed by atoms with van der Waals surface area (Å²) in [6.07, 6.45) is 12.0. The minimum atomic E-state index is -0.668. The van der Waals surface area contributed by atoms with E-state index in [1.807, 2.05) is 19.9 Å². The van der Waals surface area contributed by atoms with Crippen LogP contribution in [0.1, 0.15) is 72.1 Å². The molecule has 1 rings (SSSR count). The maximum absolute atomic E-state index is 12.3. The Hall–Kier alpha value is -1.46. The van der Waals surface area contributed by atoms with Gasteiger partial charge in [0, 0.05) is 24.3 Å². The lowest BCUT2D eigenvalue weighted by Crippen LogP contribution is -2.28. The Bertz CT molecular complexity index is 549. The Morgan fingerprint density at radius 3 is 2.68 bits per heavy atom. The van der Waals surface area contributed by atoms with Crippen LogP contribution in [0.2, 0.25) is 0 Å². The van der Waals surface area contributed by atoms with Gasteiger partial charge in [0.05, 0.1) is 19.3 Å². The van der Waals surface area contributed by atoms with Gasteiger partial charge in [-0.3, -0.25) is 4.79 Å². The smallest absolute Gasteiger partial charge is 0.330 e. The first-order valence-electron chi connectivity index (χ1n) is 10.5. The molecule has 0 saturated heterocycles. The number of methoxy groups -OCH3 is 1. The summed E-state index contributed by atoms with van der Waals surface area (Å²) in [7, 11) is 1.35. The van der Waals surface area contributed by atoms with Crippen LogP contribution in [0.5, 0.6) is 0 Å². The van der Waals surface area contributed by atoms with Gasteiger partial charge in [-0.05, 0) is 31.1 Å². The molecule has 0 heterocycles. The van der Waals surface area contributed by atoms with Crippen molar-refractivity contribution in [2.75, 3.05) is 7.11 Å². The van der Waals surface area contributed by atoms with E-state index < -0.39 is 12.2 Å². The number of hydrogen-bond donors (Lipinski definition) is 2. The topological polar surface area (TPSA) is 83.8 Å². The molecule has 5 nitrogen and oxygen atoms in total. The fourth-order valence-corrected chi connectivity index (χ4v) is 3.74.